The van der Waals surface area contributed by atoms with Crippen LogP contribution < -0.4 is 14.2 Å². The van der Waals surface area contributed by atoms with Crippen molar-refractivity contribution in [3.05, 3.63) is 46.4 Å². The van der Waals surface area contributed by atoms with Gasteiger partial charge >= 0.3 is 0 Å². The Labute approximate surface area is 138 Å². The van der Waals surface area contributed by atoms with Crippen LogP contribution in [-0.2, 0) is 0 Å². The van der Waals surface area contributed by atoms with Crippen LogP contribution in [0.15, 0.2) is 45.9 Å². The average Bonchev–Trinajstić information content (AvgIpc) is 2.55. The van der Waals surface area contributed by atoms with E-state index in [1.165, 1.54) is 0 Å². The number of halogens is 1. The number of rotatable bonds is 6. The molecule has 0 aliphatic heterocycles. The van der Waals surface area contributed by atoms with E-state index in [1.54, 1.807) is 20.4 Å². The number of ether oxygens (including phenoxy) is 3. The molecule has 0 heterocycles. The minimum absolute atomic E-state index is 0.578. The van der Waals surface area contributed by atoms with Gasteiger partial charge in [-0.25, -0.2) is 0 Å². The molecular weight excluding hydrogens is 346 g/mol. The molecule has 0 aliphatic carbocycles. The third-order valence-corrected chi connectivity index (χ3v) is 3.56. The van der Waals surface area contributed by atoms with E-state index < -0.39 is 0 Å². The van der Waals surface area contributed by atoms with Gasteiger partial charge in [0.25, 0.3) is 0 Å². The first-order chi connectivity index (χ1) is 10.7. The molecule has 2 aromatic carbocycles. The van der Waals surface area contributed by atoms with Gasteiger partial charge in [0.05, 0.1) is 31.0 Å². The van der Waals surface area contributed by atoms with Crippen LogP contribution in [-0.4, -0.2) is 27.0 Å². The second-order valence-corrected chi connectivity index (χ2v) is 5.28. The van der Waals surface area contributed by atoms with E-state index in [0.717, 1.165) is 21.5 Å². The van der Waals surface area contributed by atoms with Crippen molar-refractivity contribution < 1.29 is 14.2 Å². The van der Waals surface area contributed by atoms with Crippen LogP contribution in [0.2, 0.25) is 0 Å². The Morgan fingerprint density at radius 3 is 2.41 bits per heavy atom. The fourth-order valence-electron chi connectivity index (χ4n) is 1.92. The Bertz CT molecular complexity index is 654. The standard InChI is InChI=1S/C17H18BrNO3/c1-4-22-17-15(18)9-12(10-16(17)21-3)11-19-13-5-7-14(20-2)8-6-13/h5-11H,4H2,1-3H3. The molecule has 0 bridgehead atoms. The SMILES string of the molecule is CCOc1c(Br)cc(C=Nc2ccc(OC)cc2)cc1OC. The highest BCUT2D eigenvalue weighted by Gasteiger charge is 2.10. The zero-order valence-electron chi connectivity index (χ0n) is 12.8. The quantitative estimate of drug-likeness (QED) is 0.703. The van der Waals surface area contributed by atoms with Crippen molar-refractivity contribution in [2.75, 3.05) is 20.8 Å². The van der Waals surface area contributed by atoms with Crippen LogP contribution in [0, 0.1) is 0 Å². The molecule has 5 heteroatoms. The molecule has 0 aromatic heterocycles. The molecule has 0 saturated heterocycles. The molecule has 0 radical (unpaired) electrons. The summed E-state index contributed by atoms with van der Waals surface area (Å²) in [5.41, 5.74) is 1.77. The van der Waals surface area contributed by atoms with Gasteiger partial charge in [0, 0.05) is 6.21 Å². The topological polar surface area (TPSA) is 40.0 Å². The maximum Gasteiger partial charge on any atom is 0.175 e. The smallest absolute Gasteiger partial charge is 0.175 e. The van der Waals surface area contributed by atoms with Gasteiger partial charge in [-0.15, -0.1) is 0 Å². The Balaban J connectivity index is 2.24. The Morgan fingerprint density at radius 2 is 1.82 bits per heavy atom. The Kier molecular flexibility index (Phi) is 5.83. The number of hydrogen-bond acceptors (Lipinski definition) is 4. The van der Waals surface area contributed by atoms with Gasteiger partial charge in [-0.05, 0) is 64.8 Å². The van der Waals surface area contributed by atoms with E-state index in [4.69, 9.17) is 14.2 Å². The van der Waals surface area contributed by atoms with Crippen LogP contribution in [0.3, 0.4) is 0 Å². The third-order valence-electron chi connectivity index (χ3n) is 2.98. The van der Waals surface area contributed by atoms with Crippen molar-refractivity contribution >= 4 is 27.8 Å². The molecular formula is C17H18BrNO3. The van der Waals surface area contributed by atoms with Gasteiger partial charge in [0.2, 0.25) is 0 Å². The Morgan fingerprint density at radius 1 is 1.09 bits per heavy atom. The predicted octanol–water partition coefficient (Wildman–Crippen LogP) is 4.62. The molecule has 0 atom stereocenters. The molecule has 0 fully saturated rings. The minimum atomic E-state index is 0.578. The number of nitrogens with zero attached hydrogens (tertiary/aromatic N) is 1. The fourth-order valence-corrected chi connectivity index (χ4v) is 2.49. The molecule has 4 nitrogen and oxygen atoms in total. The molecule has 116 valence electrons. The molecule has 22 heavy (non-hydrogen) atoms. The second-order valence-electron chi connectivity index (χ2n) is 4.42. The summed E-state index contributed by atoms with van der Waals surface area (Å²) >= 11 is 3.50. The number of hydrogen-bond donors (Lipinski definition) is 0. The number of aliphatic imine (C=N–C) groups is 1. The molecule has 0 spiro atoms. The van der Waals surface area contributed by atoms with Crippen molar-refractivity contribution in [2.45, 2.75) is 6.92 Å². The van der Waals surface area contributed by atoms with Crippen molar-refractivity contribution in [3.63, 3.8) is 0 Å². The molecule has 0 saturated carbocycles. The molecule has 0 aliphatic rings. The lowest BCUT2D eigenvalue weighted by molar-refractivity contribution is 0.309. The van der Waals surface area contributed by atoms with E-state index in [1.807, 2.05) is 43.3 Å². The summed E-state index contributed by atoms with van der Waals surface area (Å²) in [6, 6.07) is 11.4. The van der Waals surface area contributed by atoms with Crippen LogP contribution in [0.5, 0.6) is 17.2 Å². The summed E-state index contributed by atoms with van der Waals surface area (Å²) in [6.45, 7) is 2.51. The van der Waals surface area contributed by atoms with Crippen molar-refractivity contribution in [2.24, 2.45) is 4.99 Å². The lowest BCUT2D eigenvalue weighted by Crippen LogP contribution is -1.97. The first-order valence-electron chi connectivity index (χ1n) is 6.86. The van der Waals surface area contributed by atoms with Crippen LogP contribution in [0.4, 0.5) is 5.69 Å². The largest absolute Gasteiger partial charge is 0.497 e. The lowest BCUT2D eigenvalue weighted by Gasteiger charge is -2.11. The highest BCUT2D eigenvalue weighted by molar-refractivity contribution is 9.10. The zero-order valence-corrected chi connectivity index (χ0v) is 14.4. The average molecular weight is 364 g/mol. The van der Waals surface area contributed by atoms with Gasteiger partial charge in [-0.1, -0.05) is 0 Å². The summed E-state index contributed by atoms with van der Waals surface area (Å²) in [5.74, 6) is 2.18. The number of methoxy groups -OCH3 is 2. The first kappa shape index (κ1) is 16.4. The maximum absolute atomic E-state index is 5.57. The van der Waals surface area contributed by atoms with Gasteiger partial charge in [0.15, 0.2) is 11.5 Å². The maximum atomic E-state index is 5.57. The van der Waals surface area contributed by atoms with Gasteiger partial charge < -0.3 is 14.2 Å². The highest BCUT2D eigenvalue weighted by atomic mass is 79.9. The number of benzene rings is 2. The summed E-state index contributed by atoms with van der Waals surface area (Å²) in [5, 5.41) is 0. The summed E-state index contributed by atoms with van der Waals surface area (Å²) in [4.78, 5) is 4.45. The monoisotopic (exact) mass is 363 g/mol. The Hall–Kier alpha value is -2.01. The summed E-state index contributed by atoms with van der Waals surface area (Å²) in [7, 11) is 3.26. The predicted molar refractivity (Wildman–Crippen MR) is 92.1 cm³/mol. The summed E-state index contributed by atoms with van der Waals surface area (Å²) in [6.07, 6.45) is 1.78. The van der Waals surface area contributed by atoms with Gasteiger partial charge in [-0.2, -0.15) is 0 Å². The van der Waals surface area contributed by atoms with Crippen molar-refractivity contribution in [1.29, 1.82) is 0 Å². The summed E-state index contributed by atoms with van der Waals surface area (Å²) < 4.78 is 16.9. The van der Waals surface area contributed by atoms with Crippen molar-refractivity contribution in [1.82, 2.24) is 0 Å². The van der Waals surface area contributed by atoms with E-state index >= 15 is 0 Å². The highest BCUT2D eigenvalue weighted by Crippen LogP contribution is 2.36. The van der Waals surface area contributed by atoms with Crippen LogP contribution >= 0.6 is 15.9 Å². The van der Waals surface area contributed by atoms with E-state index in [2.05, 4.69) is 20.9 Å². The lowest BCUT2D eigenvalue weighted by atomic mass is 10.2. The molecule has 0 amide bonds. The van der Waals surface area contributed by atoms with Crippen LogP contribution in [0.1, 0.15) is 12.5 Å². The first-order valence-corrected chi connectivity index (χ1v) is 7.65. The van der Waals surface area contributed by atoms with E-state index in [0.29, 0.717) is 18.1 Å². The molecule has 2 rings (SSSR count). The van der Waals surface area contributed by atoms with Crippen molar-refractivity contribution in [3.8, 4) is 17.2 Å². The van der Waals surface area contributed by atoms with E-state index in [-0.39, 0.29) is 0 Å². The second kappa shape index (κ2) is 7.84. The zero-order chi connectivity index (χ0) is 15.9. The molecule has 2 aromatic rings. The normalized spacial score (nSPS) is 10.7. The van der Waals surface area contributed by atoms with Crippen LogP contribution in [0.25, 0.3) is 0 Å². The fraction of sp³-hybridized carbons (Fsp3) is 0.235. The van der Waals surface area contributed by atoms with Gasteiger partial charge in [0.1, 0.15) is 5.75 Å². The van der Waals surface area contributed by atoms with Gasteiger partial charge in [-0.3, -0.25) is 4.99 Å². The molecule has 0 unspecified atom stereocenters. The molecule has 0 N–H and O–H groups in total. The van der Waals surface area contributed by atoms with E-state index in [9.17, 15) is 0 Å². The third kappa shape index (κ3) is 4.01. The minimum Gasteiger partial charge on any atom is -0.497 e.